The number of hydrogen-bond donors (Lipinski definition) is 1. The van der Waals surface area contributed by atoms with Gasteiger partial charge in [-0.1, -0.05) is 0 Å². The molecule has 1 amide bonds. The lowest BCUT2D eigenvalue weighted by Gasteiger charge is -2.29. The summed E-state index contributed by atoms with van der Waals surface area (Å²) >= 11 is 0. The Hall–Kier alpha value is -2.98. The molecule has 1 aromatic carbocycles. The lowest BCUT2D eigenvalue weighted by Crippen LogP contribution is -2.41. The highest BCUT2D eigenvalue weighted by Gasteiger charge is 2.33. The zero-order valence-electron chi connectivity index (χ0n) is 19.3. The monoisotopic (exact) mass is 486 g/mol. The van der Waals surface area contributed by atoms with E-state index >= 15 is 0 Å². The van der Waals surface area contributed by atoms with Gasteiger partial charge in [-0.3, -0.25) is 14.6 Å². The van der Waals surface area contributed by atoms with E-state index in [0.717, 1.165) is 24.3 Å². The van der Waals surface area contributed by atoms with Gasteiger partial charge in [0.15, 0.2) is 6.61 Å². The Kier molecular flexibility index (Phi) is 7.47. The second kappa shape index (κ2) is 10.5. The quantitative estimate of drug-likeness (QED) is 0.599. The number of aryl methyl sites for hydroxylation is 1. The first kappa shape index (κ1) is 24.2. The summed E-state index contributed by atoms with van der Waals surface area (Å²) in [5.74, 6) is -1.31. The SMILES string of the molecule is Cc1cc(N2CCCC2)ccc1NC(=O)COC(=O)C1CCN(S(=O)(=O)c2cccnc2)CC1. The second-order valence-corrected chi connectivity index (χ2v) is 10.7. The van der Waals surface area contributed by atoms with Crippen LogP contribution in [-0.2, 0) is 24.3 Å². The molecular formula is C24H30N4O5S. The summed E-state index contributed by atoms with van der Waals surface area (Å²) in [4.78, 5) is 31.1. The standard InChI is InChI=1S/C24H30N4O5S/c1-18-15-20(27-11-2-3-12-27)6-7-22(18)26-23(29)17-33-24(30)19-8-13-28(14-9-19)34(31,32)21-5-4-10-25-16-21/h4-7,10,15-16,19H,2-3,8-9,11-14,17H2,1H3,(H,26,29). The molecule has 0 spiro atoms. The third-order valence-electron chi connectivity index (χ3n) is 6.36. The summed E-state index contributed by atoms with van der Waals surface area (Å²) < 4.78 is 32.0. The van der Waals surface area contributed by atoms with E-state index < -0.39 is 27.8 Å². The normalized spacial score (nSPS) is 17.5. The zero-order valence-corrected chi connectivity index (χ0v) is 20.1. The van der Waals surface area contributed by atoms with Crippen molar-refractivity contribution in [3.63, 3.8) is 0 Å². The topological polar surface area (TPSA) is 109 Å². The van der Waals surface area contributed by atoms with Crippen LogP contribution in [0.2, 0.25) is 0 Å². The molecule has 182 valence electrons. The molecule has 0 radical (unpaired) electrons. The van der Waals surface area contributed by atoms with E-state index in [2.05, 4.69) is 21.3 Å². The molecule has 0 saturated carbocycles. The molecule has 0 aliphatic carbocycles. The summed E-state index contributed by atoms with van der Waals surface area (Å²) in [5, 5.41) is 2.80. The van der Waals surface area contributed by atoms with Crippen molar-refractivity contribution < 1.29 is 22.7 Å². The Labute approximate surface area is 200 Å². The van der Waals surface area contributed by atoms with Crippen molar-refractivity contribution in [1.29, 1.82) is 0 Å². The van der Waals surface area contributed by atoms with Gasteiger partial charge < -0.3 is 15.0 Å². The molecule has 34 heavy (non-hydrogen) atoms. The number of pyridine rings is 1. The fraction of sp³-hybridized carbons (Fsp3) is 0.458. The number of sulfonamides is 1. The van der Waals surface area contributed by atoms with E-state index in [4.69, 9.17) is 4.74 Å². The number of amides is 1. The predicted octanol–water partition coefficient (Wildman–Crippen LogP) is 2.57. The fourth-order valence-electron chi connectivity index (χ4n) is 4.38. The number of hydrogen-bond acceptors (Lipinski definition) is 7. The first-order valence-electron chi connectivity index (χ1n) is 11.6. The van der Waals surface area contributed by atoms with E-state index in [1.807, 2.05) is 19.1 Å². The van der Waals surface area contributed by atoms with Crippen molar-refractivity contribution in [3.05, 3.63) is 48.3 Å². The minimum atomic E-state index is -3.63. The third kappa shape index (κ3) is 5.56. The summed E-state index contributed by atoms with van der Waals surface area (Å²) in [7, 11) is -3.63. The van der Waals surface area contributed by atoms with Crippen LogP contribution >= 0.6 is 0 Å². The number of rotatable bonds is 7. The van der Waals surface area contributed by atoms with Crippen LogP contribution in [-0.4, -0.2) is 62.4 Å². The van der Waals surface area contributed by atoms with Crippen LogP contribution in [0.3, 0.4) is 0 Å². The predicted molar refractivity (Wildman–Crippen MR) is 128 cm³/mol. The number of anilines is 2. The van der Waals surface area contributed by atoms with Gasteiger partial charge in [0.1, 0.15) is 4.90 Å². The third-order valence-corrected chi connectivity index (χ3v) is 8.24. The molecule has 2 aliphatic rings. The number of benzene rings is 1. The van der Waals surface area contributed by atoms with Crippen molar-refractivity contribution in [2.75, 3.05) is 43.0 Å². The summed E-state index contributed by atoms with van der Waals surface area (Å²) in [6.45, 7) is 4.09. The van der Waals surface area contributed by atoms with Gasteiger partial charge >= 0.3 is 5.97 Å². The van der Waals surface area contributed by atoms with Crippen molar-refractivity contribution in [2.24, 2.45) is 5.92 Å². The van der Waals surface area contributed by atoms with Gasteiger partial charge in [0, 0.05) is 49.9 Å². The van der Waals surface area contributed by atoms with Gasteiger partial charge in [0.25, 0.3) is 5.91 Å². The average molecular weight is 487 g/mol. The zero-order chi connectivity index (χ0) is 24.1. The van der Waals surface area contributed by atoms with Gasteiger partial charge in [-0.15, -0.1) is 0 Å². The molecule has 1 aromatic heterocycles. The highest BCUT2D eigenvalue weighted by atomic mass is 32.2. The molecule has 3 heterocycles. The Morgan fingerprint density at radius 1 is 1.12 bits per heavy atom. The molecule has 2 fully saturated rings. The fourth-order valence-corrected chi connectivity index (χ4v) is 5.82. The number of aromatic nitrogens is 1. The Morgan fingerprint density at radius 2 is 1.85 bits per heavy atom. The highest BCUT2D eigenvalue weighted by Crippen LogP contribution is 2.26. The van der Waals surface area contributed by atoms with Gasteiger partial charge in [0.2, 0.25) is 10.0 Å². The first-order valence-corrected chi connectivity index (χ1v) is 13.0. The highest BCUT2D eigenvalue weighted by molar-refractivity contribution is 7.89. The van der Waals surface area contributed by atoms with Crippen LogP contribution in [0.1, 0.15) is 31.2 Å². The number of esters is 1. The van der Waals surface area contributed by atoms with E-state index in [1.165, 1.54) is 35.6 Å². The number of ether oxygens (including phenoxy) is 1. The Bertz CT molecular complexity index is 1130. The molecule has 0 atom stereocenters. The summed E-state index contributed by atoms with van der Waals surface area (Å²) in [5.41, 5.74) is 2.79. The van der Waals surface area contributed by atoms with Gasteiger partial charge in [-0.05, 0) is 68.5 Å². The van der Waals surface area contributed by atoms with E-state index in [9.17, 15) is 18.0 Å². The minimum Gasteiger partial charge on any atom is -0.455 e. The molecule has 4 rings (SSSR count). The molecule has 2 saturated heterocycles. The molecule has 0 bridgehead atoms. The number of carbonyl (C=O) groups is 2. The van der Waals surface area contributed by atoms with E-state index in [1.54, 1.807) is 6.07 Å². The molecule has 2 aromatic rings. The van der Waals surface area contributed by atoms with Crippen LogP contribution in [0.25, 0.3) is 0 Å². The number of nitrogens with zero attached hydrogens (tertiary/aromatic N) is 3. The molecule has 2 aliphatic heterocycles. The lowest BCUT2D eigenvalue weighted by atomic mass is 9.98. The molecule has 1 N–H and O–H groups in total. The Balaban J connectivity index is 1.24. The van der Waals surface area contributed by atoms with Crippen LogP contribution in [0, 0.1) is 12.8 Å². The van der Waals surface area contributed by atoms with Crippen LogP contribution in [0.15, 0.2) is 47.6 Å². The maximum Gasteiger partial charge on any atom is 0.309 e. The van der Waals surface area contributed by atoms with Crippen molar-refractivity contribution in [1.82, 2.24) is 9.29 Å². The maximum atomic E-state index is 12.7. The summed E-state index contributed by atoms with van der Waals surface area (Å²) in [6.07, 6.45) is 5.91. The number of carbonyl (C=O) groups excluding carboxylic acids is 2. The van der Waals surface area contributed by atoms with E-state index in [0.29, 0.717) is 18.5 Å². The first-order chi connectivity index (χ1) is 16.3. The maximum absolute atomic E-state index is 12.7. The van der Waals surface area contributed by atoms with Crippen LogP contribution in [0.4, 0.5) is 11.4 Å². The van der Waals surface area contributed by atoms with Crippen molar-refractivity contribution in [3.8, 4) is 0 Å². The molecule has 0 unspecified atom stereocenters. The van der Waals surface area contributed by atoms with Gasteiger partial charge in [-0.2, -0.15) is 4.31 Å². The van der Waals surface area contributed by atoms with Gasteiger partial charge in [-0.25, -0.2) is 8.42 Å². The number of nitrogens with one attached hydrogen (secondary N) is 1. The van der Waals surface area contributed by atoms with Gasteiger partial charge in [0.05, 0.1) is 5.92 Å². The molecule has 10 heteroatoms. The smallest absolute Gasteiger partial charge is 0.309 e. The molecular weight excluding hydrogens is 456 g/mol. The lowest BCUT2D eigenvalue weighted by molar-refractivity contribution is -0.152. The van der Waals surface area contributed by atoms with Crippen molar-refractivity contribution >= 4 is 33.3 Å². The molecule has 9 nitrogen and oxygen atoms in total. The minimum absolute atomic E-state index is 0.136. The van der Waals surface area contributed by atoms with Crippen molar-refractivity contribution in [2.45, 2.75) is 37.5 Å². The summed E-state index contributed by atoms with van der Waals surface area (Å²) in [6, 6.07) is 9.00. The number of piperidine rings is 1. The van der Waals surface area contributed by atoms with Crippen LogP contribution in [0.5, 0.6) is 0 Å². The van der Waals surface area contributed by atoms with E-state index in [-0.39, 0.29) is 24.6 Å². The average Bonchev–Trinajstić information content (AvgIpc) is 3.39. The Morgan fingerprint density at radius 3 is 2.50 bits per heavy atom. The largest absolute Gasteiger partial charge is 0.455 e. The van der Waals surface area contributed by atoms with Crippen LogP contribution < -0.4 is 10.2 Å². The second-order valence-electron chi connectivity index (χ2n) is 8.72.